The molecule has 7 heteroatoms. The summed E-state index contributed by atoms with van der Waals surface area (Å²) in [6.07, 6.45) is 0.996. The third-order valence-electron chi connectivity index (χ3n) is 2.93. The molecule has 2 N–H and O–H groups in total. The Morgan fingerprint density at radius 1 is 1.29 bits per heavy atom. The Morgan fingerprint density at radius 3 is 2.67 bits per heavy atom. The van der Waals surface area contributed by atoms with Gasteiger partial charge in [0.2, 0.25) is 0 Å². The van der Waals surface area contributed by atoms with Crippen LogP contribution >= 0.6 is 38.6 Å². The van der Waals surface area contributed by atoms with Crippen molar-refractivity contribution in [1.82, 2.24) is 15.6 Å². The number of aliphatic imine (C=N–C) groups is 1. The van der Waals surface area contributed by atoms with Gasteiger partial charge in [-0.25, -0.2) is 4.98 Å². The van der Waals surface area contributed by atoms with Crippen molar-refractivity contribution < 1.29 is 0 Å². The molecule has 0 fully saturated rings. The normalized spacial score (nSPS) is 11.7. The number of hydrogen-bond acceptors (Lipinski definition) is 4. The molecule has 2 heterocycles. The van der Waals surface area contributed by atoms with Crippen LogP contribution in [0.3, 0.4) is 0 Å². The monoisotopic (exact) mass is 386 g/mol. The van der Waals surface area contributed by atoms with Crippen LogP contribution in [0.2, 0.25) is 0 Å². The fraction of sp³-hybridized carbons (Fsp3) is 0.429. The Hall–Kier alpha value is -0.920. The van der Waals surface area contributed by atoms with E-state index >= 15 is 0 Å². The number of thiophene rings is 1. The maximum atomic E-state index is 4.43. The molecule has 0 bridgehead atoms. The summed E-state index contributed by atoms with van der Waals surface area (Å²) in [5.74, 6) is 0.830. The Kier molecular flexibility index (Phi) is 6.20. The molecular weight excluding hydrogens is 368 g/mol. The lowest BCUT2D eigenvalue weighted by Gasteiger charge is -2.10. The Morgan fingerprint density at radius 2 is 2.10 bits per heavy atom. The summed E-state index contributed by atoms with van der Waals surface area (Å²) in [6, 6.07) is 4.23. The summed E-state index contributed by atoms with van der Waals surface area (Å²) in [5, 5.41) is 7.78. The van der Waals surface area contributed by atoms with E-state index in [-0.39, 0.29) is 0 Å². The fourth-order valence-electron chi connectivity index (χ4n) is 1.91. The van der Waals surface area contributed by atoms with Crippen LogP contribution in [0.5, 0.6) is 0 Å². The minimum absolute atomic E-state index is 0.765. The van der Waals surface area contributed by atoms with Gasteiger partial charge in [-0.15, -0.1) is 22.7 Å². The summed E-state index contributed by atoms with van der Waals surface area (Å²) in [4.78, 5) is 11.3. The molecule has 0 aromatic carbocycles. The highest BCUT2D eigenvalue weighted by atomic mass is 79.9. The van der Waals surface area contributed by atoms with Gasteiger partial charge in [-0.3, -0.25) is 4.99 Å². The number of aromatic nitrogens is 1. The van der Waals surface area contributed by atoms with E-state index in [1.165, 1.54) is 13.5 Å². The first kappa shape index (κ1) is 16.5. The molecule has 0 saturated carbocycles. The zero-order valence-electron chi connectivity index (χ0n) is 12.4. The second-order valence-electron chi connectivity index (χ2n) is 4.55. The van der Waals surface area contributed by atoms with Crippen LogP contribution in [0.25, 0.3) is 0 Å². The van der Waals surface area contributed by atoms with Gasteiger partial charge in [-0.05, 0) is 48.3 Å². The van der Waals surface area contributed by atoms with Crippen LogP contribution in [-0.2, 0) is 13.0 Å². The number of rotatable bonds is 5. The van der Waals surface area contributed by atoms with Crippen LogP contribution in [0.15, 0.2) is 20.9 Å². The highest BCUT2D eigenvalue weighted by Crippen LogP contribution is 2.22. The van der Waals surface area contributed by atoms with Gasteiger partial charge in [0.25, 0.3) is 0 Å². The van der Waals surface area contributed by atoms with Crippen LogP contribution in [0.4, 0.5) is 0 Å². The number of guanidine groups is 1. The average Bonchev–Trinajstić information content (AvgIpc) is 2.99. The molecule has 2 aromatic heterocycles. The Labute approximate surface area is 141 Å². The van der Waals surface area contributed by atoms with Gasteiger partial charge in [0.05, 0.1) is 21.0 Å². The van der Waals surface area contributed by atoms with Crippen molar-refractivity contribution in [1.29, 1.82) is 0 Å². The molecule has 0 aliphatic heterocycles. The lowest BCUT2D eigenvalue weighted by atomic mass is 10.3. The van der Waals surface area contributed by atoms with Gasteiger partial charge in [-0.1, -0.05) is 0 Å². The van der Waals surface area contributed by atoms with E-state index in [1.54, 1.807) is 29.7 Å². The minimum atomic E-state index is 0.765. The van der Waals surface area contributed by atoms with E-state index in [2.05, 4.69) is 48.7 Å². The van der Waals surface area contributed by atoms with Crippen LogP contribution in [0, 0.1) is 13.8 Å². The van der Waals surface area contributed by atoms with Gasteiger partial charge in [-0.2, -0.15) is 0 Å². The number of hydrogen-bond donors (Lipinski definition) is 2. The summed E-state index contributed by atoms with van der Waals surface area (Å²) >= 11 is 6.99. The van der Waals surface area contributed by atoms with E-state index in [0.717, 1.165) is 36.2 Å². The average molecular weight is 387 g/mol. The third kappa shape index (κ3) is 5.09. The number of halogens is 1. The molecule has 0 unspecified atom stereocenters. The molecular formula is C14H19BrN4S2. The highest BCUT2D eigenvalue weighted by molar-refractivity contribution is 9.11. The minimum Gasteiger partial charge on any atom is -0.356 e. The second kappa shape index (κ2) is 7.91. The molecule has 0 aliphatic carbocycles. The van der Waals surface area contributed by atoms with Gasteiger partial charge in [0.15, 0.2) is 5.96 Å². The molecule has 0 saturated heterocycles. The van der Waals surface area contributed by atoms with Crippen molar-refractivity contribution in [2.45, 2.75) is 26.8 Å². The van der Waals surface area contributed by atoms with Crippen molar-refractivity contribution in [2.24, 2.45) is 4.99 Å². The molecule has 0 aliphatic rings. The van der Waals surface area contributed by atoms with E-state index < -0.39 is 0 Å². The maximum absolute atomic E-state index is 4.43. The highest BCUT2D eigenvalue weighted by Gasteiger charge is 2.06. The largest absolute Gasteiger partial charge is 0.356 e. The topological polar surface area (TPSA) is 49.3 Å². The van der Waals surface area contributed by atoms with Crippen LogP contribution in [0.1, 0.15) is 20.5 Å². The van der Waals surface area contributed by atoms with E-state index in [1.807, 2.05) is 13.8 Å². The maximum Gasteiger partial charge on any atom is 0.191 e. The smallest absolute Gasteiger partial charge is 0.191 e. The van der Waals surface area contributed by atoms with E-state index in [4.69, 9.17) is 0 Å². The molecule has 4 nitrogen and oxygen atoms in total. The van der Waals surface area contributed by atoms with Gasteiger partial charge in [0, 0.05) is 23.3 Å². The van der Waals surface area contributed by atoms with Crippen molar-refractivity contribution in [3.63, 3.8) is 0 Å². The van der Waals surface area contributed by atoms with Gasteiger partial charge in [0.1, 0.15) is 0 Å². The van der Waals surface area contributed by atoms with Crippen molar-refractivity contribution in [3.8, 4) is 0 Å². The SMILES string of the molecule is CN=C(NCCc1ccc(Br)s1)NCc1sc(C)nc1C. The molecule has 0 amide bonds. The van der Waals surface area contributed by atoms with E-state index in [0.29, 0.717) is 0 Å². The standard InChI is InChI=1S/C14H19BrN4S2/c1-9-12(20-10(2)19-9)8-18-14(16-3)17-7-6-11-4-5-13(15)21-11/h4-5H,6-8H2,1-3H3,(H2,16,17,18). The Balaban J connectivity index is 1.77. The summed E-state index contributed by atoms with van der Waals surface area (Å²) in [7, 11) is 1.79. The molecule has 114 valence electrons. The summed E-state index contributed by atoms with van der Waals surface area (Å²) in [5.41, 5.74) is 1.10. The lowest BCUT2D eigenvalue weighted by Crippen LogP contribution is -2.37. The van der Waals surface area contributed by atoms with Crippen LogP contribution in [-0.4, -0.2) is 24.5 Å². The number of nitrogens with zero attached hydrogens (tertiary/aromatic N) is 2. The molecule has 0 atom stereocenters. The second-order valence-corrected chi connectivity index (χ2v) is 8.39. The molecule has 2 rings (SSSR count). The molecule has 0 radical (unpaired) electrons. The zero-order chi connectivity index (χ0) is 15.2. The summed E-state index contributed by atoms with van der Waals surface area (Å²) in [6.45, 7) is 5.72. The van der Waals surface area contributed by atoms with Crippen molar-refractivity contribution in [3.05, 3.63) is 36.4 Å². The van der Waals surface area contributed by atoms with Crippen LogP contribution < -0.4 is 10.6 Å². The molecule has 2 aromatic rings. The predicted molar refractivity (Wildman–Crippen MR) is 95.5 cm³/mol. The fourth-order valence-corrected chi connectivity index (χ4v) is 4.27. The first-order valence-electron chi connectivity index (χ1n) is 6.70. The number of aryl methyl sites for hydroxylation is 2. The zero-order valence-corrected chi connectivity index (χ0v) is 15.6. The molecule has 0 spiro atoms. The number of nitrogens with one attached hydrogen (secondary N) is 2. The third-order valence-corrected chi connectivity index (χ3v) is 5.69. The quantitative estimate of drug-likeness (QED) is 0.610. The predicted octanol–water partition coefficient (Wildman–Crippen LogP) is 3.49. The Bertz CT molecular complexity index is 618. The van der Waals surface area contributed by atoms with Crippen molar-refractivity contribution >= 4 is 44.6 Å². The molecule has 21 heavy (non-hydrogen) atoms. The summed E-state index contributed by atoms with van der Waals surface area (Å²) < 4.78 is 1.18. The lowest BCUT2D eigenvalue weighted by molar-refractivity contribution is 0.801. The first-order chi connectivity index (χ1) is 10.1. The van der Waals surface area contributed by atoms with E-state index in [9.17, 15) is 0 Å². The number of thiazole rings is 1. The first-order valence-corrected chi connectivity index (χ1v) is 9.12. The van der Waals surface area contributed by atoms with Gasteiger partial charge >= 0.3 is 0 Å². The van der Waals surface area contributed by atoms with Crippen molar-refractivity contribution in [2.75, 3.05) is 13.6 Å². The van der Waals surface area contributed by atoms with Gasteiger partial charge < -0.3 is 10.6 Å².